The minimum absolute atomic E-state index is 0.179. The van der Waals surface area contributed by atoms with Crippen molar-refractivity contribution in [2.45, 2.75) is 19.9 Å². The van der Waals surface area contributed by atoms with Crippen LogP contribution in [0.3, 0.4) is 0 Å². The summed E-state index contributed by atoms with van der Waals surface area (Å²) in [6, 6.07) is 9.96. The Labute approximate surface area is 148 Å². The molecule has 7 heteroatoms. The van der Waals surface area contributed by atoms with Crippen LogP contribution in [-0.4, -0.2) is 76.0 Å². The zero-order valence-electron chi connectivity index (χ0n) is 14.9. The van der Waals surface area contributed by atoms with E-state index < -0.39 is 0 Å². The topological polar surface area (TPSA) is 66.3 Å². The van der Waals surface area contributed by atoms with E-state index in [9.17, 15) is 4.79 Å². The Balaban J connectivity index is 1.50. The molecule has 0 aliphatic carbocycles. The molecule has 1 aliphatic rings. The van der Waals surface area contributed by atoms with Crippen LogP contribution in [0.4, 0.5) is 0 Å². The lowest BCUT2D eigenvalue weighted by molar-refractivity contribution is 0.0879. The van der Waals surface area contributed by atoms with Gasteiger partial charge in [-0.3, -0.25) is 9.69 Å². The summed E-state index contributed by atoms with van der Waals surface area (Å²) in [5.74, 6) is -0.179. The van der Waals surface area contributed by atoms with Gasteiger partial charge in [0.2, 0.25) is 0 Å². The lowest BCUT2D eigenvalue weighted by atomic mass is 10.2. The van der Waals surface area contributed by atoms with Gasteiger partial charge in [0.05, 0.1) is 11.9 Å². The summed E-state index contributed by atoms with van der Waals surface area (Å²) < 4.78 is 1.61. The average Bonchev–Trinajstić information content (AvgIpc) is 3.17. The lowest BCUT2D eigenvalue weighted by Gasteiger charge is -2.37. The maximum absolute atomic E-state index is 12.3. The Morgan fingerprint density at radius 3 is 2.60 bits per heavy atom. The van der Waals surface area contributed by atoms with E-state index in [1.807, 2.05) is 30.3 Å². The van der Waals surface area contributed by atoms with E-state index in [0.29, 0.717) is 18.3 Å². The second-order valence-corrected chi connectivity index (χ2v) is 6.41. The molecule has 3 rings (SSSR count). The summed E-state index contributed by atoms with van der Waals surface area (Å²) >= 11 is 0. The van der Waals surface area contributed by atoms with E-state index in [1.54, 1.807) is 10.9 Å². The van der Waals surface area contributed by atoms with Crippen LogP contribution >= 0.6 is 0 Å². The lowest BCUT2D eigenvalue weighted by Crippen LogP contribution is -2.52. The molecular weight excluding hydrogens is 316 g/mol. The van der Waals surface area contributed by atoms with Crippen LogP contribution in [0.15, 0.2) is 36.5 Å². The summed E-state index contributed by atoms with van der Waals surface area (Å²) in [5.41, 5.74) is 1.23. The number of piperazine rings is 1. The zero-order chi connectivity index (χ0) is 17.6. The summed E-state index contributed by atoms with van der Waals surface area (Å²) in [4.78, 5) is 17.2. The van der Waals surface area contributed by atoms with Crippen LogP contribution < -0.4 is 5.32 Å². The number of aromatic nitrogens is 3. The molecule has 2 aromatic rings. The van der Waals surface area contributed by atoms with E-state index in [1.165, 1.54) is 0 Å². The number of rotatable bonds is 6. The smallest absolute Gasteiger partial charge is 0.273 e. The van der Waals surface area contributed by atoms with Crippen LogP contribution in [-0.2, 0) is 0 Å². The Morgan fingerprint density at radius 1 is 1.20 bits per heavy atom. The number of carbonyl (C=O) groups excluding carboxylic acids is 1. The van der Waals surface area contributed by atoms with Crippen LogP contribution in [0.1, 0.15) is 24.3 Å². The molecule has 1 N–H and O–H groups in total. The SMILES string of the molecule is CCN1CCN([C@H](C)CNC(=O)c2cn(-c3ccccc3)nn2)CC1. The molecule has 0 unspecified atom stereocenters. The van der Waals surface area contributed by atoms with E-state index in [-0.39, 0.29) is 5.91 Å². The first-order valence-electron chi connectivity index (χ1n) is 8.89. The van der Waals surface area contributed by atoms with Crippen molar-refractivity contribution in [3.05, 3.63) is 42.2 Å². The highest BCUT2D eigenvalue weighted by molar-refractivity contribution is 5.91. The molecule has 1 aromatic carbocycles. The molecule has 0 radical (unpaired) electrons. The fourth-order valence-corrected chi connectivity index (χ4v) is 3.06. The highest BCUT2D eigenvalue weighted by Crippen LogP contribution is 2.07. The number of likely N-dealkylation sites (N-methyl/N-ethyl adjacent to an activating group) is 1. The van der Waals surface area contributed by atoms with Gasteiger partial charge in [-0.25, -0.2) is 4.68 Å². The predicted octanol–water partition coefficient (Wildman–Crippen LogP) is 1.02. The number of amides is 1. The van der Waals surface area contributed by atoms with E-state index in [4.69, 9.17) is 0 Å². The van der Waals surface area contributed by atoms with Crippen LogP contribution in [0.2, 0.25) is 0 Å². The van der Waals surface area contributed by atoms with Crippen molar-refractivity contribution in [3.8, 4) is 5.69 Å². The standard InChI is InChI=1S/C18H26N6O/c1-3-22-9-11-23(12-10-22)15(2)13-19-18(25)17-14-24(21-20-17)16-7-5-4-6-8-16/h4-8,14-15H,3,9-13H2,1-2H3,(H,19,25)/t15-/m1/s1. The molecule has 2 heterocycles. The zero-order valence-corrected chi connectivity index (χ0v) is 14.9. The fourth-order valence-electron chi connectivity index (χ4n) is 3.06. The first-order valence-corrected chi connectivity index (χ1v) is 8.89. The minimum atomic E-state index is -0.179. The van der Waals surface area contributed by atoms with Crippen molar-refractivity contribution in [1.82, 2.24) is 30.1 Å². The molecule has 7 nitrogen and oxygen atoms in total. The number of hydrogen-bond acceptors (Lipinski definition) is 5. The third kappa shape index (κ3) is 4.43. The van der Waals surface area contributed by atoms with Gasteiger partial charge in [-0.2, -0.15) is 0 Å². The van der Waals surface area contributed by atoms with Gasteiger partial charge in [-0.15, -0.1) is 5.10 Å². The van der Waals surface area contributed by atoms with Gasteiger partial charge in [0, 0.05) is 38.8 Å². The van der Waals surface area contributed by atoms with E-state index in [2.05, 4.69) is 39.3 Å². The van der Waals surface area contributed by atoms with Crippen LogP contribution in [0.25, 0.3) is 5.69 Å². The molecule has 0 spiro atoms. The van der Waals surface area contributed by atoms with Crippen molar-refractivity contribution in [1.29, 1.82) is 0 Å². The molecule has 0 saturated carbocycles. The maximum Gasteiger partial charge on any atom is 0.273 e. The molecule has 134 valence electrons. The third-order valence-corrected chi connectivity index (χ3v) is 4.78. The van der Waals surface area contributed by atoms with Crippen molar-refractivity contribution in [2.24, 2.45) is 0 Å². The first-order chi connectivity index (χ1) is 12.2. The Kier molecular flexibility index (Phi) is 5.78. The van der Waals surface area contributed by atoms with Gasteiger partial charge in [-0.05, 0) is 25.6 Å². The monoisotopic (exact) mass is 342 g/mol. The highest BCUT2D eigenvalue weighted by Gasteiger charge is 2.21. The number of carbonyl (C=O) groups is 1. The highest BCUT2D eigenvalue weighted by atomic mass is 16.2. The normalized spacial score (nSPS) is 17.4. The van der Waals surface area contributed by atoms with E-state index in [0.717, 1.165) is 38.4 Å². The molecule has 1 saturated heterocycles. The molecule has 1 aromatic heterocycles. The minimum Gasteiger partial charge on any atom is -0.349 e. The van der Waals surface area contributed by atoms with Crippen molar-refractivity contribution in [2.75, 3.05) is 39.3 Å². The largest absolute Gasteiger partial charge is 0.349 e. The summed E-state index contributed by atoms with van der Waals surface area (Å²) in [5, 5.41) is 11.0. The molecule has 1 fully saturated rings. The first kappa shape index (κ1) is 17.6. The predicted molar refractivity (Wildman–Crippen MR) is 96.8 cm³/mol. The molecule has 25 heavy (non-hydrogen) atoms. The van der Waals surface area contributed by atoms with Crippen molar-refractivity contribution < 1.29 is 4.79 Å². The summed E-state index contributed by atoms with van der Waals surface area (Å²) in [7, 11) is 0. The van der Waals surface area contributed by atoms with E-state index >= 15 is 0 Å². The molecular formula is C18H26N6O. The van der Waals surface area contributed by atoms with Crippen molar-refractivity contribution >= 4 is 5.91 Å². The molecule has 1 amide bonds. The van der Waals surface area contributed by atoms with Gasteiger partial charge >= 0.3 is 0 Å². The van der Waals surface area contributed by atoms with Crippen LogP contribution in [0, 0.1) is 0 Å². The molecule has 1 aliphatic heterocycles. The quantitative estimate of drug-likeness (QED) is 0.849. The van der Waals surface area contributed by atoms with Gasteiger partial charge in [-0.1, -0.05) is 30.3 Å². The van der Waals surface area contributed by atoms with Gasteiger partial charge in [0.1, 0.15) is 0 Å². The maximum atomic E-state index is 12.3. The summed E-state index contributed by atoms with van der Waals surface area (Å²) in [6.07, 6.45) is 1.66. The van der Waals surface area contributed by atoms with Crippen LogP contribution in [0.5, 0.6) is 0 Å². The average molecular weight is 342 g/mol. The molecule has 0 bridgehead atoms. The Morgan fingerprint density at radius 2 is 1.92 bits per heavy atom. The fraction of sp³-hybridized carbons (Fsp3) is 0.500. The number of para-hydroxylation sites is 1. The van der Waals surface area contributed by atoms with Crippen molar-refractivity contribution in [3.63, 3.8) is 0 Å². The number of hydrogen-bond donors (Lipinski definition) is 1. The third-order valence-electron chi connectivity index (χ3n) is 4.78. The Bertz CT molecular complexity index is 678. The second-order valence-electron chi connectivity index (χ2n) is 6.41. The Hall–Kier alpha value is -2.25. The summed E-state index contributed by atoms with van der Waals surface area (Å²) in [6.45, 7) is 10.4. The number of benzene rings is 1. The van der Waals surface area contributed by atoms with Gasteiger partial charge < -0.3 is 10.2 Å². The second kappa shape index (κ2) is 8.22. The number of nitrogens with one attached hydrogen (secondary N) is 1. The number of nitrogens with zero attached hydrogens (tertiary/aromatic N) is 5. The van der Waals surface area contributed by atoms with Gasteiger partial charge in [0.15, 0.2) is 5.69 Å². The van der Waals surface area contributed by atoms with Gasteiger partial charge in [0.25, 0.3) is 5.91 Å². The molecule has 1 atom stereocenters.